The van der Waals surface area contributed by atoms with Crippen LogP contribution >= 0.6 is 0 Å². The minimum atomic E-state index is -0.932. The largest absolute Gasteiger partial charge is 0.481 e. The Kier molecular flexibility index (Phi) is 4.73. The van der Waals surface area contributed by atoms with Crippen molar-refractivity contribution in [3.8, 4) is 0 Å². The third-order valence-electron chi connectivity index (χ3n) is 3.86. The minimum Gasteiger partial charge on any atom is -0.481 e. The first kappa shape index (κ1) is 15.0. The standard InChI is InChI=1S/C13H23NO4/c1-4-13(3,18)7-14-11(15)9-5-8(2)6-10(9)12(16)17/h8-10,18H,4-7H2,1-3H3,(H,14,15)(H,16,17). The molecule has 5 nitrogen and oxygen atoms in total. The number of aliphatic carboxylic acids is 1. The van der Waals surface area contributed by atoms with E-state index < -0.39 is 23.4 Å². The van der Waals surface area contributed by atoms with Crippen LogP contribution in [0.15, 0.2) is 0 Å². The molecule has 1 rings (SSSR count). The lowest BCUT2D eigenvalue weighted by molar-refractivity contribution is -0.146. The Hall–Kier alpha value is -1.10. The van der Waals surface area contributed by atoms with Crippen molar-refractivity contribution < 1.29 is 19.8 Å². The lowest BCUT2D eigenvalue weighted by Gasteiger charge is -2.23. The van der Waals surface area contributed by atoms with Crippen molar-refractivity contribution in [2.24, 2.45) is 17.8 Å². The first-order valence-corrected chi connectivity index (χ1v) is 6.49. The lowest BCUT2D eigenvalue weighted by atomic mass is 9.95. The van der Waals surface area contributed by atoms with E-state index in [1.165, 1.54) is 0 Å². The van der Waals surface area contributed by atoms with Crippen LogP contribution in [0.4, 0.5) is 0 Å². The molecule has 0 heterocycles. The molecule has 0 aromatic heterocycles. The topological polar surface area (TPSA) is 86.6 Å². The third-order valence-corrected chi connectivity index (χ3v) is 3.86. The summed E-state index contributed by atoms with van der Waals surface area (Å²) in [6.45, 7) is 5.62. The van der Waals surface area contributed by atoms with Crippen molar-refractivity contribution >= 4 is 11.9 Å². The van der Waals surface area contributed by atoms with Crippen LogP contribution in [0.5, 0.6) is 0 Å². The lowest BCUT2D eigenvalue weighted by Crippen LogP contribution is -2.43. The molecule has 0 radical (unpaired) electrons. The van der Waals surface area contributed by atoms with E-state index in [9.17, 15) is 14.7 Å². The van der Waals surface area contributed by atoms with Crippen LogP contribution in [0.25, 0.3) is 0 Å². The summed E-state index contributed by atoms with van der Waals surface area (Å²) in [4.78, 5) is 23.1. The SMILES string of the molecule is CCC(C)(O)CNC(=O)C1CC(C)CC1C(=O)O. The Bertz CT molecular complexity index is 327. The summed E-state index contributed by atoms with van der Waals surface area (Å²) >= 11 is 0. The van der Waals surface area contributed by atoms with E-state index in [1.807, 2.05) is 13.8 Å². The predicted octanol–water partition coefficient (Wildman–Crippen LogP) is 1.01. The third kappa shape index (κ3) is 3.70. The van der Waals surface area contributed by atoms with E-state index in [2.05, 4.69) is 5.32 Å². The van der Waals surface area contributed by atoms with Gasteiger partial charge in [0.25, 0.3) is 0 Å². The summed E-state index contributed by atoms with van der Waals surface area (Å²) in [5.74, 6) is -1.95. The Labute approximate surface area is 108 Å². The molecule has 1 aliphatic carbocycles. The minimum absolute atomic E-state index is 0.166. The van der Waals surface area contributed by atoms with Crippen molar-refractivity contribution in [3.63, 3.8) is 0 Å². The van der Waals surface area contributed by atoms with Crippen molar-refractivity contribution in [2.75, 3.05) is 6.54 Å². The molecule has 4 unspecified atom stereocenters. The van der Waals surface area contributed by atoms with Gasteiger partial charge in [-0.05, 0) is 32.1 Å². The maximum Gasteiger partial charge on any atom is 0.307 e. The van der Waals surface area contributed by atoms with E-state index >= 15 is 0 Å². The van der Waals surface area contributed by atoms with Gasteiger partial charge in [-0.15, -0.1) is 0 Å². The van der Waals surface area contributed by atoms with Gasteiger partial charge in [-0.2, -0.15) is 0 Å². The number of carboxylic acids is 1. The molecule has 0 aromatic carbocycles. The van der Waals surface area contributed by atoms with Crippen LogP contribution < -0.4 is 5.32 Å². The average Bonchev–Trinajstić information content (AvgIpc) is 2.68. The van der Waals surface area contributed by atoms with E-state index in [-0.39, 0.29) is 18.4 Å². The van der Waals surface area contributed by atoms with Gasteiger partial charge in [0, 0.05) is 6.54 Å². The van der Waals surface area contributed by atoms with Crippen LogP contribution in [0, 0.1) is 17.8 Å². The van der Waals surface area contributed by atoms with E-state index in [1.54, 1.807) is 6.92 Å². The predicted molar refractivity (Wildman–Crippen MR) is 66.9 cm³/mol. The van der Waals surface area contributed by atoms with Crippen molar-refractivity contribution in [3.05, 3.63) is 0 Å². The van der Waals surface area contributed by atoms with Crippen LogP contribution in [-0.2, 0) is 9.59 Å². The normalized spacial score (nSPS) is 30.8. The van der Waals surface area contributed by atoms with Crippen LogP contribution in [0.3, 0.4) is 0 Å². The van der Waals surface area contributed by atoms with Gasteiger partial charge in [0.15, 0.2) is 0 Å². The van der Waals surface area contributed by atoms with Crippen LogP contribution in [0.1, 0.15) is 40.0 Å². The van der Waals surface area contributed by atoms with E-state index in [4.69, 9.17) is 5.11 Å². The Balaban J connectivity index is 2.58. The summed E-state index contributed by atoms with van der Waals surface area (Å²) in [6.07, 6.45) is 1.70. The van der Waals surface area contributed by atoms with Gasteiger partial charge in [-0.3, -0.25) is 9.59 Å². The highest BCUT2D eigenvalue weighted by molar-refractivity contribution is 5.85. The fourth-order valence-corrected chi connectivity index (χ4v) is 2.39. The van der Waals surface area contributed by atoms with E-state index in [0.29, 0.717) is 19.3 Å². The van der Waals surface area contributed by atoms with Gasteiger partial charge >= 0.3 is 5.97 Å². The molecule has 1 fully saturated rings. The number of aliphatic hydroxyl groups is 1. The quantitative estimate of drug-likeness (QED) is 0.686. The van der Waals surface area contributed by atoms with Crippen molar-refractivity contribution in [1.29, 1.82) is 0 Å². The highest BCUT2D eigenvalue weighted by Gasteiger charge is 2.41. The fraction of sp³-hybridized carbons (Fsp3) is 0.846. The summed E-state index contributed by atoms with van der Waals surface area (Å²) in [7, 11) is 0. The number of hydrogen-bond donors (Lipinski definition) is 3. The highest BCUT2D eigenvalue weighted by Crippen LogP contribution is 2.36. The van der Waals surface area contributed by atoms with E-state index in [0.717, 1.165) is 0 Å². The number of rotatable bonds is 5. The van der Waals surface area contributed by atoms with Crippen molar-refractivity contribution in [1.82, 2.24) is 5.32 Å². The molecular weight excluding hydrogens is 234 g/mol. The molecule has 104 valence electrons. The van der Waals surface area contributed by atoms with Gasteiger partial charge in [-0.1, -0.05) is 13.8 Å². The highest BCUT2D eigenvalue weighted by atomic mass is 16.4. The maximum absolute atomic E-state index is 12.0. The van der Waals surface area contributed by atoms with Crippen LogP contribution in [-0.4, -0.2) is 34.2 Å². The summed E-state index contributed by atoms with van der Waals surface area (Å²) in [5.41, 5.74) is -0.932. The molecule has 0 aliphatic heterocycles. The molecule has 0 aromatic rings. The second kappa shape index (κ2) is 5.69. The molecule has 18 heavy (non-hydrogen) atoms. The number of carbonyl (C=O) groups is 2. The molecule has 0 spiro atoms. The smallest absolute Gasteiger partial charge is 0.307 e. The zero-order valence-corrected chi connectivity index (χ0v) is 11.3. The first-order chi connectivity index (χ1) is 8.26. The molecular formula is C13H23NO4. The monoisotopic (exact) mass is 257 g/mol. The zero-order valence-electron chi connectivity index (χ0n) is 11.3. The molecule has 4 atom stereocenters. The number of nitrogens with one attached hydrogen (secondary N) is 1. The fourth-order valence-electron chi connectivity index (χ4n) is 2.39. The summed E-state index contributed by atoms with van der Waals surface area (Å²) < 4.78 is 0. The summed E-state index contributed by atoms with van der Waals surface area (Å²) in [6, 6.07) is 0. The molecule has 1 aliphatic rings. The molecule has 0 bridgehead atoms. The molecule has 0 saturated heterocycles. The maximum atomic E-state index is 12.0. The van der Waals surface area contributed by atoms with Gasteiger partial charge < -0.3 is 15.5 Å². The average molecular weight is 257 g/mol. The van der Waals surface area contributed by atoms with Gasteiger partial charge in [0.1, 0.15) is 0 Å². The second-order valence-corrected chi connectivity index (χ2v) is 5.70. The van der Waals surface area contributed by atoms with Gasteiger partial charge in [-0.25, -0.2) is 0 Å². The molecule has 3 N–H and O–H groups in total. The number of carbonyl (C=O) groups excluding carboxylic acids is 1. The molecule has 1 saturated carbocycles. The number of hydrogen-bond acceptors (Lipinski definition) is 3. The Morgan fingerprint density at radius 3 is 2.39 bits per heavy atom. The first-order valence-electron chi connectivity index (χ1n) is 6.49. The Morgan fingerprint density at radius 2 is 1.89 bits per heavy atom. The Morgan fingerprint density at radius 1 is 1.33 bits per heavy atom. The van der Waals surface area contributed by atoms with Gasteiger partial charge in [0.05, 0.1) is 17.4 Å². The number of amides is 1. The molecule has 1 amide bonds. The van der Waals surface area contributed by atoms with Crippen molar-refractivity contribution in [2.45, 2.75) is 45.6 Å². The molecule has 5 heteroatoms. The van der Waals surface area contributed by atoms with Crippen LogP contribution in [0.2, 0.25) is 0 Å². The zero-order chi connectivity index (χ0) is 13.9. The van der Waals surface area contributed by atoms with Gasteiger partial charge in [0.2, 0.25) is 5.91 Å². The number of carboxylic acid groups (broad SMARTS) is 1. The summed E-state index contributed by atoms with van der Waals surface area (Å²) in [5, 5.41) is 21.6. The second-order valence-electron chi connectivity index (χ2n) is 5.70.